The molecule has 0 radical (unpaired) electrons. The van der Waals surface area contributed by atoms with Gasteiger partial charge in [0.05, 0.1) is 36.3 Å². The van der Waals surface area contributed by atoms with Crippen molar-refractivity contribution in [3.63, 3.8) is 0 Å². The van der Waals surface area contributed by atoms with E-state index in [1.807, 2.05) is 0 Å². The minimum absolute atomic E-state index is 0.0124. The summed E-state index contributed by atoms with van der Waals surface area (Å²) < 4.78 is 10.4. The predicted octanol–water partition coefficient (Wildman–Crippen LogP) is 3.80. The number of carbonyl (C=O) groups is 1. The van der Waals surface area contributed by atoms with Crippen molar-refractivity contribution >= 4 is 29.0 Å². The van der Waals surface area contributed by atoms with Gasteiger partial charge in [-0.3, -0.25) is 14.9 Å². The van der Waals surface area contributed by atoms with Crippen LogP contribution in [0.25, 0.3) is 11.3 Å². The number of thioether (sulfide) groups is 1. The van der Waals surface area contributed by atoms with Gasteiger partial charge < -0.3 is 14.8 Å². The molecule has 3 rings (SSSR count). The molecule has 1 N–H and O–H groups in total. The normalized spacial score (nSPS) is 10.3. The van der Waals surface area contributed by atoms with Crippen molar-refractivity contribution in [2.45, 2.75) is 5.03 Å². The topological polar surface area (TPSA) is 116 Å². The molecule has 154 valence electrons. The van der Waals surface area contributed by atoms with Crippen molar-refractivity contribution in [2.24, 2.45) is 0 Å². The molecule has 0 fully saturated rings. The molecule has 2 aromatic carbocycles. The summed E-state index contributed by atoms with van der Waals surface area (Å²) in [6, 6.07) is 14.7. The number of methoxy groups -OCH3 is 2. The first-order chi connectivity index (χ1) is 14.5. The number of hydrogen-bond acceptors (Lipinski definition) is 8. The summed E-state index contributed by atoms with van der Waals surface area (Å²) in [6.07, 6.45) is 0. The van der Waals surface area contributed by atoms with E-state index in [9.17, 15) is 14.9 Å². The molecule has 0 atom stereocenters. The zero-order chi connectivity index (χ0) is 21.5. The van der Waals surface area contributed by atoms with Crippen LogP contribution in [0.5, 0.6) is 11.5 Å². The first kappa shape index (κ1) is 21.1. The third-order valence-corrected chi connectivity index (χ3v) is 4.97. The molecule has 30 heavy (non-hydrogen) atoms. The van der Waals surface area contributed by atoms with E-state index in [4.69, 9.17) is 9.47 Å². The molecular formula is C20H18N4O5S. The highest BCUT2D eigenvalue weighted by atomic mass is 32.2. The smallest absolute Gasteiger partial charge is 0.269 e. The summed E-state index contributed by atoms with van der Waals surface area (Å²) >= 11 is 1.24. The van der Waals surface area contributed by atoms with E-state index in [2.05, 4.69) is 15.5 Å². The molecule has 0 aliphatic heterocycles. The van der Waals surface area contributed by atoms with Crippen molar-refractivity contribution in [2.75, 3.05) is 25.3 Å². The lowest BCUT2D eigenvalue weighted by molar-refractivity contribution is -0.384. The fraction of sp³-hybridized carbons (Fsp3) is 0.150. The maximum Gasteiger partial charge on any atom is 0.269 e. The highest BCUT2D eigenvalue weighted by molar-refractivity contribution is 7.99. The minimum atomic E-state index is -0.457. The van der Waals surface area contributed by atoms with Crippen LogP contribution in [0, 0.1) is 10.1 Å². The van der Waals surface area contributed by atoms with Crippen LogP contribution in [0.15, 0.2) is 59.6 Å². The average molecular weight is 426 g/mol. The molecule has 0 unspecified atom stereocenters. The second kappa shape index (κ2) is 9.70. The zero-order valence-electron chi connectivity index (χ0n) is 16.2. The van der Waals surface area contributed by atoms with Crippen LogP contribution >= 0.6 is 11.8 Å². The summed E-state index contributed by atoms with van der Waals surface area (Å²) in [4.78, 5) is 22.5. The number of nitrogens with one attached hydrogen (secondary N) is 1. The van der Waals surface area contributed by atoms with E-state index >= 15 is 0 Å². The van der Waals surface area contributed by atoms with Crippen LogP contribution in [0.1, 0.15) is 0 Å². The van der Waals surface area contributed by atoms with Crippen LogP contribution in [0.3, 0.4) is 0 Å². The van der Waals surface area contributed by atoms with Crippen molar-refractivity contribution in [1.29, 1.82) is 0 Å². The van der Waals surface area contributed by atoms with E-state index in [-0.39, 0.29) is 17.3 Å². The number of anilines is 1. The van der Waals surface area contributed by atoms with Gasteiger partial charge in [0, 0.05) is 23.8 Å². The summed E-state index contributed by atoms with van der Waals surface area (Å²) in [5, 5.41) is 22.3. The summed E-state index contributed by atoms with van der Waals surface area (Å²) in [7, 11) is 3.07. The molecule has 0 spiro atoms. The Hall–Kier alpha value is -3.66. The Balaban J connectivity index is 1.58. The van der Waals surface area contributed by atoms with Gasteiger partial charge in [-0.1, -0.05) is 11.8 Å². The molecule has 1 heterocycles. The molecule has 1 amide bonds. The number of non-ortho nitro benzene ring substituents is 1. The van der Waals surface area contributed by atoms with Crippen molar-refractivity contribution in [3.05, 3.63) is 64.7 Å². The lowest BCUT2D eigenvalue weighted by Crippen LogP contribution is -2.14. The lowest BCUT2D eigenvalue weighted by Gasteiger charge is -2.11. The van der Waals surface area contributed by atoms with E-state index in [0.717, 1.165) is 0 Å². The van der Waals surface area contributed by atoms with Gasteiger partial charge in [0.1, 0.15) is 16.5 Å². The Labute approximate surface area is 176 Å². The Kier molecular flexibility index (Phi) is 6.81. The highest BCUT2D eigenvalue weighted by Gasteiger charge is 2.11. The largest absolute Gasteiger partial charge is 0.497 e. The van der Waals surface area contributed by atoms with Crippen LogP contribution in [-0.4, -0.2) is 41.0 Å². The molecule has 10 heteroatoms. The van der Waals surface area contributed by atoms with Gasteiger partial charge in [-0.2, -0.15) is 0 Å². The Bertz CT molecular complexity index is 1040. The second-order valence-corrected chi connectivity index (χ2v) is 6.96. The number of amides is 1. The van der Waals surface area contributed by atoms with E-state index in [0.29, 0.717) is 33.5 Å². The van der Waals surface area contributed by atoms with Gasteiger partial charge in [0.25, 0.3) is 5.69 Å². The fourth-order valence-corrected chi connectivity index (χ4v) is 3.15. The number of hydrogen-bond donors (Lipinski definition) is 1. The first-order valence-electron chi connectivity index (χ1n) is 8.73. The van der Waals surface area contributed by atoms with Crippen LogP contribution < -0.4 is 14.8 Å². The molecule has 0 saturated carbocycles. The Morgan fingerprint density at radius 2 is 1.83 bits per heavy atom. The predicted molar refractivity (Wildman–Crippen MR) is 113 cm³/mol. The van der Waals surface area contributed by atoms with Crippen LogP contribution in [0.4, 0.5) is 11.4 Å². The van der Waals surface area contributed by atoms with E-state index in [1.54, 1.807) is 49.6 Å². The maximum atomic E-state index is 12.3. The molecule has 9 nitrogen and oxygen atoms in total. The maximum absolute atomic E-state index is 12.3. The second-order valence-electron chi connectivity index (χ2n) is 5.96. The molecule has 1 aromatic heterocycles. The van der Waals surface area contributed by atoms with Crippen LogP contribution in [0.2, 0.25) is 0 Å². The molecule has 0 aliphatic rings. The van der Waals surface area contributed by atoms with Gasteiger partial charge in [0.15, 0.2) is 0 Å². The number of rotatable bonds is 8. The number of nitro groups is 1. The number of carbonyl (C=O) groups excluding carboxylic acids is 1. The minimum Gasteiger partial charge on any atom is -0.497 e. The molecule has 0 aliphatic carbocycles. The average Bonchev–Trinajstić information content (AvgIpc) is 2.78. The highest BCUT2D eigenvalue weighted by Crippen LogP contribution is 2.29. The Morgan fingerprint density at radius 1 is 1.07 bits per heavy atom. The van der Waals surface area contributed by atoms with Gasteiger partial charge in [0.2, 0.25) is 5.91 Å². The number of nitrogens with zero attached hydrogens (tertiary/aromatic N) is 3. The fourth-order valence-electron chi connectivity index (χ4n) is 2.53. The van der Waals surface area contributed by atoms with Gasteiger partial charge in [-0.05, 0) is 36.4 Å². The monoisotopic (exact) mass is 426 g/mol. The SMILES string of the molecule is COc1ccc(NC(=O)CSc2ccc(-c3ccc([N+](=O)[O-])cc3)nn2)c(OC)c1. The molecule has 0 saturated heterocycles. The summed E-state index contributed by atoms with van der Waals surface area (Å²) in [5.41, 5.74) is 1.86. The van der Waals surface area contributed by atoms with Crippen molar-refractivity contribution in [1.82, 2.24) is 10.2 Å². The van der Waals surface area contributed by atoms with Crippen molar-refractivity contribution < 1.29 is 19.2 Å². The number of benzene rings is 2. The Morgan fingerprint density at radius 3 is 2.43 bits per heavy atom. The van der Waals surface area contributed by atoms with Gasteiger partial charge >= 0.3 is 0 Å². The molecular weight excluding hydrogens is 408 g/mol. The van der Waals surface area contributed by atoms with Crippen LogP contribution in [-0.2, 0) is 4.79 Å². The summed E-state index contributed by atoms with van der Waals surface area (Å²) in [5.74, 6) is 1.05. The van der Waals surface area contributed by atoms with E-state index in [1.165, 1.54) is 31.0 Å². The van der Waals surface area contributed by atoms with Gasteiger partial charge in [-0.25, -0.2) is 0 Å². The summed E-state index contributed by atoms with van der Waals surface area (Å²) in [6.45, 7) is 0. The number of nitro benzene ring substituents is 1. The molecule has 3 aromatic rings. The van der Waals surface area contributed by atoms with E-state index < -0.39 is 4.92 Å². The standard InChI is InChI=1S/C20H18N4O5S/c1-28-15-7-8-17(18(11-15)29-2)21-19(25)12-30-20-10-9-16(22-23-20)13-3-5-14(6-4-13)24(26)27/h3-11H,12H2,1-2H3,(H,21,25). The lowest BCUT2D eigenvalue weighted by atomic mass is 10.1. The molecule has 0 bridgehead atoms. The number of ether oxygens (including phenoxy) is 2. The third kappa shape index (κ3) is 5.23. The number of aromatic nitrogens is 2. The van der Waals surface area contributed by atoms with Gasteiger partial charge in [-0.15, -0.1) is 10.2 Å². The zero-order valence-corrected chi connectivity index (χ0v) is 17.0. The first-order valence-corrected chi connectivity index (χ1v) is 9.72. The van der Waals surface area contributed by atoms with Crippen molar-refractivity contribution in [3.8, 4) is 22.8 Å². The third-order valence-electron chi connectivity index (χ3n) is 4.05. The quantitative estimate of drug-likeness (QED) is 0.328.